The number of anilines is 1. The lowest BCUT2D eigenvalue weighted by molar-refractivity contribution is -0.385. The normalized spacial score (nSPS) is 14.4. The number of nitrogens with zero attached hydrogens (tertiary/aromatic N) is 2. The quantitative estimate of drug-likeness (QED) is 0.580. The third-order valence-electron chi connectivity index (χ3n) is 4.38. The molecule has 12 heteroatoms. The highest BCUT2D eigenvalue weighted by Gasteiger charge is 2.46. The van der Waals surface area contributed by atoms with E-state index in [0.29, 0.717) is 17.5 Å². The number of hydrogen-bond donors (Lipinski definition) is 1. The van der Waals surface area contributed by atoms with Gasteiger partial charge < -0.3 is 4.90 Å². The fourth-order valence-electron chi connectivity index (χ4n) is 2.99. The molecule has 0 fully saturated rings. The summed E-state index contributed by atoms with van der Waals surface area (Å²) in [5, 5.41) is 11.1. The molecule has 2 aromatic carbocycles. The number of nitrogens with one attached hydrogen (secondary N) is 1. The van der Waals surface area contributed by atoms with E-state index in [1.165, 1.54) is 40.0 Å². The van der Waals surface area contributed by atoms with Crippen molar-refractivity contribution in [1.29, 1.82) is 0 Å². The summed E-state index contributed by atoms with van der Waals surface area (Å²) in [6, 6.07) is 9.38. The summed E-state index contributed by atoms with van der Waals surface area (Å²) in [5.74, 6) is -0.392. The summed E-state index contributed by atoms with van der Waals surface area (Å²) in [5.41, 5.74) is -4.64. The molecule has 0 aromatic heterocycles. The third-order valence-corrected chi connectivity index (χ3v) is 5.50. The Morgan fingerprint density at radius 1 is 1.14 bits per heavy atom. The summed E-state index contributed by atoms with van der Waals surface area (Å²) in [6.07, 6.45) is 0.293. The maximum Gasteiger partial charge on any atom is 0.516 e. The number of alkyl halides is 3. The van der Waals surface area contributed by atoms with Crippen LogP contribution >= 0.6 is 0 Å². The Balaban J connectivity index is 1.74. The average molecular weight is 429 g/mol. The zero-order valence-electron chi connectivity index (χ0n) is 14.6. The average Bonchev–Trinajstić information content (AvgIpc) is 2.64. The van der Waals surface area contributed by atoms with E-state index < -0.39 is 26.4 Å². The minimum absolute atomic E-state index is 0.114. The fraction of sp³-hybridized carbons (Fsp3) is 0.235. The van der Waals surface area contributed by atoms with Crippen LogP contribution in [0.15, 0.2) is 42.5 Å². The molecule has 0 bridgehead atoms. The van der Waals surface area contributed by atoms with Gasteiger partial charge in [-0.2, -0.15) is 21.6 Å². The Hall–Kier alpha value is -3.15. The second-order valence-corrected chi connectivity index (χ2v) is 7.96. The lowest BCUT2D eigenvalue weighted by Crippen LogP contribution is -2.37. The van der Waals surface area contributed by atoms with Crippen LogP contribution in [0.2, 0.25) is 0 Å². The number of nitro benzene ring substituents is 1. The molecule has 3 rings (SSSR count). The van der Waals surface area contributed by atoms with Gasteiger partial charge in [0.05, 0.1) is 4.92 Å². The number of sulfonamides is 1. The molecule has 0 atom stereocenters. The molecule has 0 aliphatic carbocycles. The second-order valence-electron chi connectivity index (χ2n) is 6.29. The van der Waals surface area contributed by atoms with E-state index in [-0.39, 0.29) is 30.0 Å². The Labute approximate surface area is 163 Å². The van der Waals surface area contributed by atoms with Crippen molar-refractivity contribution >= 4 is 27.3 Å². The highest BCUT2D eigenvalue weighted by atomic mass is 32.2. The number of rotatable bonds is 5. The van der Waals surface area contributed by atoms with Crippen LogP contribution in [0.3, 0.4) is 0 Å². The summed E-state index contributed by atoms with van der Waals surface area (Å²) < 4.78 is 60.9. The topological polar surface area (TPSA) is 110 Å². The molecular formula is C17H14F3N3O5S. The summed E-state index contributed by atoms with van der Waals surface area (Å²) in [6.45, 7) is 0.354. The van der Waals surface area contributed by atoms with Gasteiger partial charge in [-0.3, -0.25) is 19.6 Å². The first-order chi connectivity index (χ1) is 13.5. The number of carbonyl (C=O) groups excluding carboxylic acids is 1. The zero-order chi connectivity index (χ0) is 21.4. The maximum atomic E-state index is 12.6. The minimum atomic E-state index is -5.51. The number of hydrogen-bond acceptors (Lipinski definition) is 5. The number of halogens is 3. The second kappa shape index (κ2) is 7.35. The molecule has 1 heterocycles. The molecule has 0 spiro atoms. The lowest BCUT2D eigenvalue weighted by Gasteiger charge is -2.28. The summed E-state index contributed by atoms with van der Waals surface area (Å²) >= 11 is 0. The molecule has 0 unspecified atom stereocenters. The van der Waals surface area contributed by atoms with Crippen molar-refractivity contribution in [2.75, 3.05) is 11.3 Å². The number of fused-ring (bicyclic) bond motifs is 1. The third kappa shape index (κ3) is 4.16. The van der Waals surface area contributed by atoms with Crippen molar-refractivity contribution in [1.82, 2.24) is 4.90 Å². The number of nitro groups is 1. The van der Waals surface area contributed by atoms with E-state index in [2.05, 4.69) is 0 Å². The fourth-order valence-corrected chi connectivity index (χ4v) is 3.55. The first-order valence-corrected chi connectivity index (χ1v) is 9.71. The van der Waals surface area contributed by atoms with Crippen molar-refractivity contribution in [2.24, 2.45) is 0 Å². The largest absolute Gasteiger partial charge is 0.516 e. The van der Waals surface area contributed by atoms with Gasteiger partial charge in [0.15, 0.2) is 0 Å². The molecule has 1 aliphatic heterocycles. The number of amides is 1. The van der Waals surface area contributed by atoms with Crippen molar-refractivity contribution in [3.63, 3.8) is 0 Å². The standard InChI is InChI=1S/C17H14F3N3O5S/c18-17(19,20)29(27,28)21-12-6-4-11(5-7-12)10-22-9-8-13-14(16(22)24)2-1-3-15(13)23(25)26/h1-7,21H,8-10H2. The van der Waals surface area contributed by atoms with Crippen LogP contribution in [-0.2, 0) is 23.0 Å². The van der Waals surface area contributed by atoms with E-state index >= 15 is 0 Å². The van der Waals surface area contributed by atoms with Crippen LogP contribution in [0, 0.1) is 10.1 Å². The van der Waals surface area contributed by atoms with E-state index in [4.69, 9.17) is 0 Å². The highest BCUT2D eigenvalue weighted by Crippen LogP contribution is 2.29. The predicted octanol–water partition coefficient (Wildman–Crippen LogP) is 3.05. The van der Waals surface area contributed by atoms with Crippen molar-refractivity contribution in [3.05, 3.63) is 69.3 Å². The first kappa shape index (κ1) is 20.6. The van der Waals surface area contributed by atoms with Gasteiger partial charge in [0, 0.05) is 36.0 Å². The molecule has 0 saturated heterocycles. The molecule has 1 N–H and O–H groups in total. The smallest absolute Gasteiger partial charge is 0.334 e. The molecular weight excluding hydrogens is 415 g/mol. The van der Waals surface area contributed by atoms with Crippen LogP contribution in [-0.4, -0.2) is 36.2 Å². The molecule has 0 radical (unpaired) electrons. The van der Waals surface area contributed by atoms with Crippen LogP contribution in [0.1, 0.15) is 21.5 Å². The highest BCUT2D eigenvalue weighted by molar-refractivity contribution is 7.93. The first-order valence-electron chi connectivity index (χ1n) is 8.23. The van der Waals surface area contributed by atoms with E-state index in [9.17, 15) is 36.5 Å². The Morgan fingerprint density at radius 2 is 1.79 bits per heavy atom. The van der Waals surface area contributed by atoms with Crippen LogP contribution in [0.5, 0.6) is 0 Å². The molecule has 1 amide bonds. The SMILES string of the molecule is O=C1c2cccc([N+](=O)[O-])c2CCN1Cc1ccc(NS(=O)(=O)C(F)(F)F)cc1. The molecule has 0 saturated carbocycles. The zero-order valence-corrected chi connectivity index (χ0v) is 15.5. The van der Waals surface area contributed by atoms with Gasteiger partial charge in [-0.05, 0) is 30.2 Å². The van der Waals surface area contributed by atoms with E-state index in [1.54, 1.807) is 0 Å². The summed E-state index contributed by atoms with van der Waals surface area (Å²) in [7, 11) is -5.51. The van der Waals surface area contributed by atoms with Gasteiger partial charge in [0.1, 0.15) is 0 Å². The molecule has 154 valence electrons. The van der Waals surface area contributed by atoms with Crippen LogP contribution in [0.4, 0.5) is 24.5 Å². The van der Waals surface area contributed by atoms with Gasteiger partial charge in [0.25, 0.3) is 11.6 Å². The Kier molecular flexibility index (Phi) is 5.22. The van der Waals surface area contributed by atoms with Crippen molar-refractivity contribution in [3.8, 4) is 0 Å². The minimum Gasteiger partial charge on any atom is -0.334 e. The Bertz CT molecular complexity index is 1070. The van der Waals surface area contributed by atoms with Gasteiger partial charge in [-0.1, -0.05) is 18.2 Å². The van der Waals surface area contributed by atoms with Crippen LogP contribution in [0.25, 0.3) is 0 Å². The molecule has 2 aromatic rings. The lowest BCUT2D eigenvalue weighted by atomic mass is 9.97. The van der Waals surface area contributed by atoms with E-state index in [1.807, 2.05) is 0 Å². The van der Waals surface area contributed by atoms with Gasteiger partial charge in [-0.25, -0.2) is 0 Å². The molecule has 1 aliphatic rings. The summed E-state index contributed by atoms with van der Waals surface area (Å²) in [4.78, 5) is 24.7. The van der Waals surface area contributed by atoms with Gasteiger partial charge >= 0.3 is 15.5 Å². The monoisotopic (exact) mass is 429 g/mol. The molecule has 8 nitrogen and oxygen atoms in total. The van der Waals surface area contributed by atoms with Gasteiger partial charge in [0.2, 0.25) is 0 Å². The number of benzene rings is 2. The maximum absolute atomic E-state index is 12.6. The van der Waals surface area contributed by atoms with Gasteiger partial charge in [-0.15, -0.1) is 0 Å². The van der Waals surface area contributed by atoms with Crippen LogP contribution < -0.4 is 4.72 Å². The predicted molar refractivity (Wildman–Crippen MR) is 96.6 cm³/mol. The number of carbonyl (C=O) groups is 1. The Morgan fingerprint density at radius 3 is 2.38 bits per heavy atom. The molecule has 29 heavy (non-hydrogen) atoms. The van der Waals surface area contributed by atoms with Crippen molar-refractivity contribution in [2.45, 2.75) is 18.5 Å². The van der Waals surface area contributed by atoms with E-state index in [0.717, 1.165) is 12.1 Å². The van der Waals surface area contributed by atoms with Crippen molar-refractivity contribution < 1.29 is 31.3 Å².